The van der Waals surface area contributed by atoms with Crippen molar-refractivity contribution in [2.24, 2.45) is 0 Å². The number of carbonyl (C=O) groups excluding carboxylic acids is 2. The summed E-state index contributed by atoms with van der Waals surface area (Å²) < 4.78 is 37.7. The summed E-state index contributed by atoms with van der Waals surface area (Å²) in [6.07, 6.45) is 0. The average molecular weight is 378 g/mol. The standard InChI is InChI=1S/C16H10O7S2/c1-2-24-23-16-11(25(20,21)22)7-10-12(15(16)19)14(18)9-6-4-3-5-8(9)13(10)17/h2-7,19H,1H2,(H,20,21,22). The van der Waals surface area contributed by atoms with Gasteiger partial charge in [0.25, 0.3) is 10.1 Å². The number of ketones is 2. The van der Waals surface area contributed by atoms with Crippen LogP contribution in [-0.4, -0.2) is 29.6 Å². The van der Waals surface area contributed by atoms with Gasteiger partial charge in [-0.1, -0.05) is 30.8 Å². The van der Waals surface area contributed by atoms with Gasteiger partial charge >= 0.3 is 0 Å². The van der Waals surface area contributed by atoms with E-state index in [0.29, 0.717) is 12.0 Å². The van der Waals surface area contributed by atoms with Crippen molar-refractivity contribution in [2.45, 2.75) is 4.90 Å². The summed E-state index contributed by atoms with van der Waals surface area (Å²) >= 11 is 0.576. The van der Waals surface area contributed by atoms with Crippen molar-refractivity contribution in [3.63, 3.8) is 0 Å². The molecule has 2 aromatic carbocycles. The molecule has 0 atom stereocenters. The second-order valence-electron chi connectivity index (χ2n) is 5.00. The van der Waals surface area contributed by atoms with Gasteiger partial charge in [-0.15, -0.1) is 0 Å². The molecule has 0 aromatic heterocycles. The van der Waals surface area contributed by atoms with Gasteiger partial charge in [0.15, 0.2) is 17.3 Å². The zero-order chi connectivity index (χ0) is 18.4. The van der Waals surface area contributed by atoms with Crippen LogP contribution in [0.2, 0.25) is 0 Å². The van der Waals surface area contributed by atoms with E-state index in [4.69, 9.17) is 4.18 Å². The van der Waals surface area contributed by atoms with Gasteiger partial charge in [-0.05, 0) is 6.07 Å². The first kappa shape index (κ1) is 17.2. The van der Waals surface area contributed by atoms with Crippen LogP contribution in [0.3, 0.4) is 0 Å². The highest BCUT2D eigenvalue weighted by Crippen LogP contribution is 2.44. The summed E-state index contributed by atoms with van der Waals surface area (Å²) in [7, 11) is -4.83. The Morgan fingerprint density at radius 3 is 2.24 bits per heavy atom. The van der Waals surface area contributed by atoms with Gasteiger partial charge in [-0.3, -0.25) is 14.1 Å². The van der Waals surface area contributed by atoms with Crippen molar-refractivity contribution >= 4 is 33.7 Å². The molecule has 0 unspecified atom stereocenters. The van der Waals surface area contributed by atoms with E-state index >= 15 is 0 Å². The molecule has 2 N–H and O–H groups in total. The third-order valence-electron chi connectivity index (χ3n) is 3.59. The Kier molecular flexibility index (Phi) is 4.15. The zero-order valence-electron chi connectivity index (χ0n) is 12.4. The molecule has 0 saturated heterocycles. The van der Waals surface area contributed by atoms with E-state index in [1.54, 1.807) is 12.1 Å². The van der Waals surface area contributed by atoms with Gasteiger partial charge in [0.2, 0.25) is 5.75 Å². The number of carbonyl (C=O) groups is 2. The van der Waals surface area contributed by atoms with Crippen LogP contribution in [0.25, 0.3) is 0 Å². The molecule has 0 bridgehead atoms. The van der Waals surface area contributed by atoms with Crippen LogP contribution in [0.5, 0.6) is 11.5 Å². The predicted octanol–water partition coefficient (Wildman–Crippen LogP) is 2.58. The molecule has 0 saturated carbocycles. The van der Waals surface area contributed by atoms with Crippen LogP contribution >= 0.6 is 12.0 Å². The molecule has 25 heavy (non-hydrogen) atoms. The van der Waals surface area contributed by atoms with Crippen LogP contribution in [0.15, 0.2) is 47.2 Å². The first-order valence-electron chi connectivity index (χ1n) is 6.77. The molecule has 2 aromatic rings. The number of hydrogen-bond acceptors (Lipinski definition) is 7. The lowest BCUT2D eigenvalue weighted by atomic mass is 9.83. The Hall–Kier alpha value is -2.62. The fourth-order valence-corrected chi connectivity index (χ4v) is 3.57. The molecule has 1 aliphatic carbocycles. The molecule has 0 spiro atoms. The summed E-state index contributed by atoms with van der Waals surface area (Å²) in [5.41, 5.74) is -0.549. The smallest absolute Gasteiger partial charge is 0.298 e. The van der Waals surface area contributed by atoms with Gasteiger partial charge in [0.1, 0.15) is 4.90 Å². The van der Waals surface area contributed by atoms with E-state index in [9.17, 15) is 27.7 Å². The SMILES string of the molecule is C=CSOc1c(S(=O)(=O)O)cc2c(c1O)C(=O)c1ccccc1C2=O. The fraction of sp³-hybridized carbons (Fsp3) is 0. The summed E-state index contributed by atoms with van der Waals surface area (Å²) in [4.78, 5) is 24.4. The number of fused-ring (bicyclic) bond motifs is 2. The summed E-state index contributed by atoms with van der Waals surface area (Å²) in [6, 6.07) is 6.77. The maximum Gasteiger partial charge on any atom is 0.298 e. The third-order valence-corrected chi connectivity index (χ3v) is 4.84. The van der Waals surface area contributed by atoms with Crippen LogP contribution < -0.4 is 4.18 Å². The van der Waals surface area contributed by atoms with Gasteiger partial charge in [-0.2, -0.15) is 8.42 Å². The van der Waals surface area contributed by atoms with Crippen LogP contribution in [-0.2, 0) is 10.1 Å². The van der Waals surface area contributed by atoms with E-state index in [0.717, 1.165) is 6.07 Å². The molecule has 9 heteroatoms. The maximum absolute atomic E-state index is 12.7. The largest absolute Gasteiger partial charge is 0.504 e. The monoisotopic (exact) mass is 378 g/mol. The number of aromatic hydroxyl groups is 1. The quantitative estimate of drug-likeness (QED) is 0.525. The van der Waals surface area contributed by atoms with Crippen molar-refractivity contribution in [1.82, 2.24) is 0 Å². The molecule has 0 fully saturated rings. The molecular formula is C16H10O7S2. The first-order chi connectivity index (χ1) is 11.8. The highest BCUT2D eigenvalue weighted by Gasteiger charge is 2.37. The summed E-state index contributed by atoms with van der Waals surface area (Å²) in [5, 5.41) is 11.6. The minimum Gasteiger partial charge on any atom is -0.504 e. The minimum absolute atomic E-state index is 0.0785. The topological polar surface area (TPSA) is 118 Å². The lowest BCUT2D eigenvalue weighted by Gasteiger charge is -2.20. The van der Waals surface area contributed by atoms with Gasteiger partial charge in [0, 0.05) is 22.1 Å². The Bertz CT molecular complexity index is 1040. The average Bonchev–Trinajstić information content (AvgIpc) is 2.57. The number of phenolic OH excluding ortho intramolecular Hbond substituents is 1. The second-order valence-corrected chi connectivity index (χ2v) is 7.08. The lowest BCUT2D eigenvalue weighted by molar-refractivity contribution is 0.0976. The van der Waals surface area contributed by atoms with E-state index in [1.807, 2.05) is 0 Å². The normalized spacial score (nSPS) is 13.2. The van der Waals surface area contributed by atoms with Crippen molar-refractivity contribution in [3.8, 4) is 11.5 Å². The van der Waals surface area contributed by atoms with E-state index in [1.165, 1.54) is 17.5 Å². The molecule has 3 rings (SSSR count). The Morgan fingerprint density at radius 1 is 1.08 bits per heavy atom. The fourth-order valence-electron chi connectivity index (χ4n) is 2.55. The van der Waals surface area contributed by atoms with E-state index < -0.39 is 38.1 Å². The van der Waals surface area contributed by atoms with E-state index in [-0.39, 0.29) is 22.3 Å². The summed E-state index contributed by atoms with van der Waals surface area (Å²) in [6.45, 7) is 3.36. The molecule has 1 aliphatic rings. The maximum atomic E-state index is 12.7. The minimum atomic E-state index is -4.83. The van der Waals surface area contributed by atoms with Crippen LogP contribution in [0.4, 0.5) is 0 Å². The molecule has 0 amide bonds. The van der Waals surface area contributed by atoms with Crippen LogP contribution in [0.1, 0.15) is 31.8 Å². The van der Waals surface area contributed by atoms with Gasteiger partial charge in [0.05, 0.1) is 17.6 Å². The highest BCUT2D eigenvalue weighted by molar-refractivity contribution is 7.97. The molecule has 0 heterocycles. The number of rotatable bonds is 4. The Morgan fingerprint density at radius 2 is 1.68 bits per heavy atom. The lowest BCUT2D eigenvalue weighted by Crippen LogP contribution is -2.22. The number of phenols is 1. The molecule has 0 radical (unpaired) electrons. The molecule has 0 aliphatic heterocycles. The van der Waals surface area contributed by atoms with Crippen molar-refractivity contribution in [2.75, 3.05) is 0 Å². The Labute approximate surface area is 146 Å². The predicted molar refractivity (Wildman–Crippen MR) is 89.6 cm³/mol. The Balaban J connectivity index is 2.36. The van der Waals surface area contributed by atoms with E-state index in [2.05, 4.69) is 6.58 Å². The van der Waals surface area contributed by atoms with Crippen molar-refractivity contribution in [1.29, 1.82) is 0 Å². The third kappa shape index (κ3) is 2.72. The zero-order valence-corrected chi connectivity index (χ0v) is 14.1. The van der Waals surface area contributed by atoms with Gasteiger partial charge < -0.3 is 9.29 Å². The van der Waals surface area contributed by atoms with Crippen molar-refractivity contribution in [3.05, 3.63) is 64.6 Å². The summed E-state index contributed by atoms with van der Waals surface area (Å²) in [5.74, 6) is -2.79. The first-order valence-corrected chi connectivity index (χ1v) is 9.02. The number of benzene rings is 2. The van der Waals surface area contributed by atoms with Crippen molar-refractivity contribution < 1.29 is 31.8 Å². The van der Waals surface area contributed by atoms with Gasteiger partial charge in [-0.25, -0.2) is 0 Å². The molecular weight excluding hydrogens is 368 g/mol. The molecule has 7 nitrogen and oxygen atoms in total. The number of hydrogen-bond donors (Lipinski definition) is 2. The highest BCUT2D eigenvalue weighted by atomic mass is 32.2. The van der Waals surface area contributed by atoms with Crippen LogP contribution in [0, 0.1) is 0 Å². The molecule has 128 valence electrons. The second kappa shape index (κ2) is 6.03.